The van der Waals surface area contributed by atoms with E-state index in [1.165, 1.54) is 15.6 Å². The van der Waals surface area contributed by atoms with E-state index in [9.17, 15) is 8.42 Å². The van der Waals surface area contributed by atoms with Crippen molar-refractivity contribution in [2.75, 3.05) is 14.2 Å². The highest BCUT2D eigenvalue weighted by Crippen LogP contribution is 2.25. The normalized spacial score (nSPS) is 11.8. The van der Waals surface area contributed by atoms with Gasteiger partial charge in [0.25, 0.3) is 0 Å². The van der Waals surface area contributed by atoms with Crippen LogP contribution in [0.3, 0.4) is 0 Å². The molecule has 0 aliphatic rings. The molecule has 0 atom stereocenters. The summed E-state index contributed by atoms with van der Waals surface area (Å²) in [4.78, 5) is 0.975. The van der Waals surface area contributed by atoms with Crippen molar-refractivity contribution < 1.29 is 13.2 Å². The molecule has 0 bridgehead atoms. The minimum atomic E-state index is -3.52. The van der Waals surface area contributed by atoms with Gasteiger partial charge in [-0.25, -0.2) is 8.42 Å². The number of benzene rings is 1. The number of thiophene rings is 1. The van der Waals surface area contributed by atoms with E-state index in [0.29, 0.717) is 16.3 Å². The Morgan fingerprint density at radius 2 is 1.90 bits per heavy atom. The quantitative estimate of drug-likeness (QED) is 0.881. The molecule has 2 N–H and O–H groups in total. The van der Waals surface area contributed by atoms with Crippen molar-refractivity contribution in [1.82, 2.24) is 4.31 Å². The van der Waals surface area contributed by atoms with Crippen molar-refractivity contribution in [3.8, 4) is 5.75 Å². The number of rotatable bonds is 6. The molecule has 0 saturated heterocycles. The van der Waals surface area contributed by atoms with Crippen LogP contribution in [0.5, 0.6) is 5.75 Å². The SMILES string of the molecule is COc1ccc(CN(C)S(=O)(=O)c2ccsc2CN)cc1. The van der Waals surface area contributed by atoms with E-state index in [4.69, 9.17) is 10.5 Å². The smallest absolute Gasteiger partial charge is 0.244 e. The lowest BCUT2D eigenvalue weighted by Crippen LogP contribution is -2.27. The summed E-state index contributed by atoms with van der Waals surface area (Å²) in [5, 5.41) is 1.75. The van der Waals surface area contributed by atoms with E-state index in [2.05, 4.69) is 0 Å². The van der Waals surface area contributed by atoms with Gasteiger partial charge in [0.1, 0.15) is 5.75 Å². The van der Waals surface area contributed by atoms with E-state index >= 15 is 0 Å². The molecule has 1 aromatic heterocycles. The molecule has 0 aliphatic carbocycles. The number of methoxy groups -OCH3 is 1. The predicted octanol–water partition coefficient (Wildman–Crippen LogP) is 2.04. The third kappa shape index (κ3) is 3.44. The molecule has 114 valence electrons. The van der Waals surface area contributed by atoms with Gasteiger partial charge in [0.15, 0.2) is 0 Å². The van der Waals surface area contributed by atoms with E-state index in [1.54, 1.807) is 25.6 Å². The molecule has 0 amide bonds. The van der Waals surface area contributed by atoms with Gasteiger partial charge in [-0.15, -0.1) is 11.3 Å². The Labute approximate surface area is 129 Å². The van der Waals surface area contributed by atoms with E-state index in [-0.39, 0.29) is 6.54 Å². The zero-order chi connectivity index (χ0) is 15.5. The summed E-state index contributed by atoms with van der Waals surface area (Å²) < 4.78 is 31.5. The summed E-state index contributed by atoms with van der Waals surface area (Å²) in [5.41, 5.74) is 6.48. The number of nitrogens with zero attached hydrogens (tertiary/aromatic N) is 1. The topological polar surface area (TPSA) is 72.6 Å². The molecule has 0 fully saturated rings. The van der Waals surface area contributed by atoms with Gasteiger partial charge in [-0.1, -0.05) is 12.1 Å². The lowest BCUT2D eigenvalue weighted by Gasteiger charge is -2.17. The second-order valence-electron chi connectivity index (χ2n) is 4.52. The largest absolute Gasteiger partial charge is 0.497 e. The molecule has 0 spiro atoms. The first-order valence-corrected chi connectivity index (χ1v) is 8.66. The molecule has 2 aromatic rings. The van der Waals surface area contributed by atoms with Crippen molar-refractivity contribution in [3.05, 3.63) is 46.2 Å². The van der Waals surface area contributed by atoms with Crippen molar-refractivity contribution >= 4 is 21.4 Å². The Morgan fingerprint density at radius 3 is 2.48 bits per heavy atom. The van der Waals surface area contributed by atoms with Gasteiger partial charge in [-0.05, 0) is 29.1 Å². The molecule has 2 rings (SSSR count). The van der Waals surface area contributed by atoms with Gasteiger partial charge < -0.3 is 10.5 Å². The van der Waals surface area contributed by atoms with E-state index < -0.39 is 10.0 Å². The summed E-state index contributed by atoms with van der Waals surface area (Å²) in [5.74, 6) is 0.743. The number of hydrogen-bond acceptors (Lipinski definition) is 5. The fourth-order valence-electron chi connectivity index (χ4n) is 1.95. The van der Waals surface area contributed by atoms with Crippen LogP contribution in [0.2, 0.25) is 0 Å². The first-order chi connectivity index (χ1) is 9.98. The van der Waals surface area contributed by atoms with Crippen molar-refractivity contribution in [2.45, 2.75) is 18.0 Å². The van der Waals surface area contributed by atoms with E-state index in [0.717, 1.165) is 11.3 Å². The van der Waals surface area contributed by atoms with Crippen LogP contribution in [-0.4, -0.2) is 26.9 Å². The zero-order valence-electron chi connectivity index (χ0n) is 11.9. The van der Waals surface area contributed by atoms with Crippen molar-refractivity contribution in [2.24, 2.45) is 5.73 Å². The van der Waals surface area contributed by atoms with Crippen molar-refractivity contribution in [1.29, 1.82) is 0 Å². The van der Waals surface area contributed by atoms with Crippen LogP contribution >= 0.6 is 11.3 Å². The lowest BCUT2D eigenvalue weighted by molar-refractivity contribution is 0.414. The molecule has 21 heavy (non-hydrogen) atoms. The first-order valence-electron chi connectivity index (χ1n) is 6.34. The van der Waals surface area contributed by atoms with Crippen LogP contribution < -0.4 is 10.5 Å². The molecule has 7 heteroatoms. The number of ether oxygens (including phenoxy) is 1. The fraction of sp³-hybridized carbons (Fsp3) is 0.286. The Hall–Kier alpha value is -1.41. The summed E-state index contributed by atoms with van der Waals surface area (Å²) in [6.07, 6.45) is 0. The molecule has 0 saturated carbocycles. The molecular weight excluding hydrogens is 308 g/mol. The highest BCUT2D eigenvalue weighted by molar-refractivity contribution is 7.89. The second kappa shape index (κ2) is 6.57. The van der Waals surface area contributed by atoms with Gasteiger partial charge in [0.2, 0.25) is 10.0 Å². The van der Waals surface area contributed by atoms with Gasteiger partial charge >= 0.3 is 0 Å². The van der Waals surface area contributed by atoms with Gasteiger partial charge in [-0.2, -0.15) is 4.31 Å². The van der Waals surface area contributed by atoms with Crippen LogP contribution in [-0.2, 0) is 23.1 Å². The molecule has 0 radical (unpaired) electrons. The maximum Gasteiger partial charge on any atom is 0.244 e. The first kappa shape index (κ1) is 16.0. The minimum Gasteiger partial charge on any atom is -0.497 e. The highest BCUT2D eigenvalue weighted by atomic mass is 32.2. The maximum atomic E-state index is 12.6. The molecule has 1 heterocycles. The lowest BCUT2D eigenvalue weighted by atomic mass is 10.2. The molecule has 0 unspecified atom stereocenters. The van der Waals surface area contributed by atoms with Gasteiger partial charge in [0, 0.05) is 25.0 Å². The number of nitrogens with two attached hydrogens (primary N) is 1. The van der Waals surface area contributed by atoms with Gasteiger partial charge in [0.05, 0.1) is 12.0 Å². The number of sulfonamides is 1. The Balaban J connectivity index is 2.20. The van der Waals surface area contributed by atoms with Crippen LogP contribution in [0, 0.1) is 0 Å². The van der Waals surface area contributed by atoms with Crippen LogP contribution in [0.15, 0.2) is 40.6 Å². The number of hydrogen-bond donors (Lipinski definition) is 1. The molecule has 1 aromatic carbocycles. The maximum absolute atomic E-state index is 12.6. The average molecular weight is 326 g/mol. The summed E-state index contributed by atoms with van der Waals surface area (Å²) in [7, 11) is -0.359. The summed E-state index contributed by atoms with van der Waals surface area (Å²) in [6.45, 7) is 0.523. The molecule has 0 aliphatic heterocycles. The second-order valence-corrected chi connectivity index (χ2v) is 7.54. The fourth-order valence-corrected chi connectivity index (χ4v) is 4.41. The summed E-state index contributed by atoms with van der Waals surface area (Å²) in [6, 6.07) is 8.93. The predicted molar refractivity (Wildman–Crippen MR) is 83.9 cm³/mol. The minimum absolute atomic E-state index is 0.225. The summed E-state index contributed by atoms with van der Waals surface area (Å²) >= 11 is 1.36. The third-order valence-electron chi connectivity index (χ3n) is 3.14. The molecule has 5 nitrogen and oxygen atoms in total. The third-order valence-corrected chi connectivity index (χ3v) is 6.10. The van der Waals surface area contributed by atoms with Crippen LogP contribution in [0.1, 0.15) is 10.4 Å². The highest BCUT2D eigenvalue weighted by Gasteiger charge is 2.24. The molecular formula is C14H18N2O3S2. The standard InChI is InChI=1S/C14H18N2O3S2/c1-16(10-11-3-5-12(19-2)6-4-11)21(17,18)14-7-8-20-13(14)9-15/h3-8H,9-10,15H2,1-2H3. The van der Waals surface area contributed by atoms with E-state index in [1.807, 2.05) is 24.3 Å². The Bertz CT molecular complexity index is 693. The average Bonchev–Trinajstić information content (AvgIpc) is 2.97. The van der Waals surface area contributed by atoms with Crippen molar-refractivity contribution in [3.63, 3.8) is 0 Å². The zero-order valence-corrected chi connectivity index (χ0v) is 13.6. The van der Waals surface area contributed by atoms with Gasteiger partial charge in [-0.3, -0.25) is 0 Å². The van der Waals surface area contributed by atoms with Crippen LogP contribution in [0.4, 0.5) is 0 Å². The Kier molecular flexibility index (Phi) is 5.00. The van der Waals surface area contributed by atoms with Crippen LogP contribution in [0.25, 0.3) is 0 Å². The monoisotopic (exact) mass is 326 g/mol. The Morgan fingerprint density at radius 1 is 1.24 bits per heavy atom.